The molecule has 0 heterocycles. The van der Waals surface area contributed by atoms with Crippen LogP contribution in [0.3, 0.4) is 0 Å². The molecule has 0 saturated heterocycles. The molecule has 1 fully saturated rings. The standard InChI is InChI=1S/C18H29N3O2/c1-12(13-5-4-6-14(11-13)17(19)22)18(20)23-16-9-7-15(8-10-16)21(2)3/h5,14-16,20H,1,4,6-11H2,2-3H3,(H2,19,22). The summed E-state index contributed by atoms with van der Waals surface area (Å²) in [4.78, 5) is 13.6. The van der Waals surface area contributed by atoms with Gasteiger partial charge >= 0.3 is 0 Å². The van der Waals surface area contributed by atoms with Crippen molar-refractivity contribution in [2.45, 2.75) is 57.1 Å². The average Bonchev–Trinajstić information content (AvgIpc) is 2.54. The Morgan fingerprint density at radius 2 is 1.96 bits per heavy atom. The number of nitrogens with one attached hydrogen (secondary N) is 1. The quantitative estimate of drug-likeness (QED) is 0.604. The molecule has 3 N–H and O–H groups in total. The maximum atomic E-state index is 11.4. The number of primary amides is 1. The fourth-order valence-corrected chi connectivity index (χ4v) is 3.46. The van der Waals surface area contributed by atoms with E-state index in [0.29, 0.717) is 18.0 Å². The number of allylic oxidation sites excluding steroid dienone is 1. The minimum Gasteiger partial charge on any atom is -0.474 e. The van der Waals surface area contributed by atoms with Gasteiger partial charge in [-0.25, -0.2) is 0 Å². The van der Waals surface area contributed by atoms with Gasteiger partial charge in [0.25, 0.3) is 0 Å². The van der Waals surface area contributed by atoms with E-state index in [1.54, 1.807) is 0 Å². The second kappa shape index (κ2) is 7.77. The Morgan fingerprint density at radius 3 is 2.52 bits per heavy atom. The molecular weight excluding hydrogens is 290 g/mol. The number of carbonyl (C=O) groups excluding carboxylic acids is 1. The van der Waals surface area contributed by atoms with E-state index in [1.807, 2.05) is 0 Å². The van der Waals surface area contributed by atoms with E-state index < -0.39 is 0 Å². The molecule has 0 bridgehead atoms. The highest BCUT2D eigenvalue weighted by Crippen LogP contribution is 2.30. The fourth-order valence-electron chi connectivity index (χ4n) is 3.46. The van der Waals surface area contributed by atoms with Gasteiger partial charge in [-0.3, -0.25) is 10.2 Å². The number of rotatable bonds is 5. The third-order valence-corrected chi connectivity index (χ3v) is 5.09. The zero-order valence-electron chi connectivity index (χ0n) is 14.3. The smallest absolute Gasteiger partial charge is 0.220 e. The monoisotopic (exact) mass is 319 g/mol. The molecule has 0 aromatic carbocycles. The molecular formula is C18H29N3O2. The number of hydrogen-bond acceptors (Lipinski definition) is 4. The molecule has 5 nitrogen and oxygen atoms in total. The topological polar surface area (TPSA) is 79.4 Å². The van der Waals surface area contributed by atoms with E-state index in [1.165, 1.54) is 0 Å². The SMILES string of the molecule is C=C(C(=N)OC1CCC(N(C)C)CC1)C1=CCCC(C(N)=O)C1. The van der Waals surface area contributed by atoms with Crippen molar-refractivity contribution >= 4 is 11.8 Å². The van der Waals surface area contributed by atoms with Crippen LogP contribution < -0.4 is 5.73 Å². The molecule has 128 valence electrons. The summed E-state index contributed by atoms with van der Waals surface area (Å²) in [7, 11) is 4.22. The van der Waals surface area contributed by atoms with Crippen molar-refractivity contribution in [1.82, 2.24) is 4.90 Å². The minimum atomic E-state index is -0.266. The summed E-state index contributed by atoms with van der Waals surface area (Å²) in [6.45, 7) is 4.00. The molecule has 0 spiro atoms. The van der Waals surface area contributed by atoms with Gasteiger partial charge in [0, 0.05) is 17.5 Å². The number of carbonyl (C=O) groups is 1. The van der Waals surface area contributed by atoms with Crippen LogP contribution in [-0.2, 0) is 9.53 Å². The third kappa shape index (κ3) is 4.67. The summed E-state index contributed by atoms with van der Waals surface area (Å²) in [5, 5.41) is 8.19. The Labute approximate surface area is 139 Å². The molecule has 1 saturated carbocycles. The molecule has 0 aromatic heterocycles. The summed E-state index contributed by atoms with van der Waals surface area (Å²) in [6.07, 6.45) is 8.48. The van der Waals surface area contributed by atoms with Gasteiger partial charge < -0.3 is 15.4 Å². The fraction of sp³-hybridized carbons (Fsp3) is 0.667. The molecule has 1 atom stereocenters. The van der Waals surface area contributed by atoms with E-state index >= 15 is 0 Å². The second-order valence-corrected chi connectivity index (χ2v) is 6.93. The van der Waals surface area contributed by atoms with Gasteiger partial charge in [-0.2, -0.15) is 0 Å². The van der Waals surface area contributed by atoms with E-state index in [9.17, 15) is 4.79 Å². The first-order chi connectivity index (χ1) is 10.9. The lowest BCUT2D eigenvalue weighted by Gasteiger charge is -2.33. The van der Waals surface area contributed by atoms with Crippen LogP contribution in [0.1, 0.15) is 44.9 Å². The van der Waals surface area contributed by atoms with Crippen molar-refractivity contribution in [3.63, 3.8) is 0 Å². The van der Waals surface area contributed by atoms with Crippen molar-refractivity contribution < 1.29 is 9.53 Å². The van der Waals surface area contributed by atoms with Crippen LogP contribution in [0.25, 0.3) is 0 Å². The maximum absolute atomic E-state index is 11.4. The van der Waals surface area contributed by atoms with Crippen LogP contribution in [0.2, 0.25) is 0 Å². The Morgan fingerprint density at radius 1 is 1.30 bits per heavy atom. The van der Waals surface area contributed by atoms with Gasteiger partial charge in [0.15, 0.2) is 0 Å². The van der Waals surface area contributed by atoms with Gasteiger partial charge in [0.05, 0.1) is 0 Å². The summed E-state index contributed by atoms with van der Waals surface area (Å²) < 4.78 is 5.84. The molecule has 1 amide bonds. The van der Waals surface area contributed by atoms with Gasteiger partial charge in [-0.15, -0.1) is 0 Å². The Balaban J connectivity index is 1.85. The number of nitrogens with two attached hydrogens (primary N) is 1. The Bertz CT molecular complexity index is 502. The second-order valence-electron chi connectivity index (χ2n) is 6.93. The van der Waals surface area contributed by atoms with E-state index in [2.05, 4.69) is 31.7 Å². The predicted octanol–water partition coefficient (Wildman–Crippen LogP) is 2.62. The highest BCUT2D eigenvalue weighted by atomic mass is 16.5. The highest BCUT2D eigenvalue weighted by Gasteiger charge is 2.27. The van der Waals surface area contributed by atoms with E-state index in [0.717, 1.165) is 44.1 Å². The van der Waals surface area contributed by atoms with Gasteiger partial charge in [0.2, 0.25) is 11.8 Å². The van der Waals surface area contributed by atoms with Crippen molar-refractivity contribution in [2.24, 2.45) is 11.7 Å². The lowest BCUT2D eigenvalue weighted by atomic mass is 9.85. The first-order valence-corrected chi connectivity index (χ1v) is 8.48. The zero-order valence-corrected chi connectivity index (χ0v) is 14.3. The van der Waals surface area contributed by atoms with Crippen molar-refractivity contribution in [1.29, 1.82) is 5.41 Å². The van der Waals surface area contributed by atoms with Gasteiger partial charge in [-0.1, -0.05) is 12.7 Å². The number of amides is 1. The zero-order chi connectivity index (χ0) is 17.0. The molecule has 0 aromatic rings. The molecule has 2 rings (SSSR count). The van der Waals surface area contributed by atoms with Crippen molar-refractivity contribution in [3.8, 4) is 0 Å². The van der Waals surface area contributed by atoms with E-state index in [-0.39, 0.29) is 23.8 Å². The lowest BCUT2D eigenvalue weighted by Crippen LogP contribution is -2.35. The normalized spacial score (nSPS) is 28.1. The lowest BCUT2D eigenvalue weighted by molar-refractivity contribution is -0.122. The Kier molecular flexibility index (Phi) is 5.99. The molecule has 23 heavy (non-hydrogen) atoms. The van der Waals surface area contributed by atoms with Crippen LogP contribution in [0.4, 0.5) is 0 Å². The van der Waals surface area contributed by atoms with Crippen LogP contribution in [0.15, 0.2) is 23.8 Å². The summed E-state index contributed by atoms with van der Waals surface area (Å²) in [6, 6.07) is 0.615. The number of ether oxygens (including phenoxy) is 1. The summed E-state index contributed by atoms with van der Waals surface area (Å²) in [5.41, 5.74) is 6.95. The summed E-state index contributed by atoms with van der Waals surface area (Å²) in [5.74, 6) is -0.261. The average molecular weight is 319 g/mol. The molecule has 5 heteroatoms. The van der Waals surface area contributed by atoms with Gasteiger partial charge in [0.1, 0.15) is 6.10 Å². The van der Waals surface area contributed by atoms with Crippen LogP contribution in [-0.4, -0.2) is 42.9 Å². The summed E-state index contributed by atoms with van der Waals surface area (Å²) >= 11 is 0. The van der Waals surface area contributed by atoms with Crippen molar-refractivity contribution in [3.05, 3.63) is 23.8 Å². The number of hydrogen-bond donors (Lipinski definition) is 2. The molecule has 2 aliphatic rings. The largest absolute Gasteiger partial charge is 0.474 e. The minimum absolute atomic E-state index is 0.103. The van der Waals surface area contributed by atoms with E-state index in [4.69, 9.17) is 15.9 Å². The van der Waals surface area contributed by atoms with Crippen molar-refractivity contribution in [2.75, 3.05) is 14.1 Å². The predicted molar refractivity (Wildman–Crippen MR) is 92.3 cm³/mol. The third-order valence-electron chi connectivity index (χ3n) is 5.09. The molecule has 2 aliphatic carbocycles. The van der Waals surface area contributed by atoms with Gasteiger partial charge in [-0.05, 0) is 64.6 Å². The first kappa shape index (κ1) is 17.7. The molecule has 0 aliphatic heterocycles. The van der Waals surface area contributed by atoms with Crippen LogP contribution in [0, 0.1) is 11.3 Å². The molecule has 1 unspecified atom stereocenters. The molecule has 0 radical (unpaired) electrons. The number of nitrogens with zero attached hydrogens (tertiary/aromatic N) is 1. The maximum Gasteiger partial charge on any atom is 0.220 e. The Hall–Kier alpha value is -1.62. The highest BCUT2D eigenvalue weighted by molar-refractivity contribution is 5.95. The first-order valence-electron chi connectivity index (χ1n) is 8.48. The van der Waals surface area contributed by atoms with Crippen LogP contribution >= 0.6 is 0 Å². The van der Waals surface area contributed by atoms with Crippen LogP contribution in [0.5, 0.6) is 0 Å².